The van der Waals surface area contributed by atoms with Crippen molar-refractivity contribution in [3.63, 3.8) is 0 Å². The lowest BCUT2D eigenvalue weighted by Gasteiger charge is -2.25. The Kier molecular flexibility index (Phi) is 8.47. The van der Waals surface area contributed by atoms with Crippen molar-refractivity contribution in [3.8, 4) is 0 Å². The largest absolute Gasteiger partial charge is 0.369 e. The lowest BCUT2D eigenvalue weighted by molar-refractivity contribution is -0.128. The Hall–Kier alpha value is -1.51. The highest BCUT2D eigenvalue weighted by atomic mass is 127. The SMILES string of the molecule is CN=C(NCC(C)(C)C(=O)NC)NC1CCN(c2ccccc2)C1.I. The number of nitrogens with one attached hydrogen (secondary N) is 3. The minimum Gasteiger partial charge on any atom is -0.369 e. The van der Waals surface area contributed by atoms with Crippen molar-refractivity contribution >= 4 is 41.5 Å². The molecule has 3 N–H and O–H groups in total. The summed E-state index contributed by atoms with van der Waals surface area (Å²) in [5, 5.41) is 9.42. The van der Waals surface area contributed by atoms with Crippen LogP contribution in [0.2, 0.25) is 0 Å². The van der Waals surface area contributed by atoms with Gasteiger partial charge in [-0.2, -0.15) is 0 Å². The molecule has 7 heteroatoms. The fraction of sp³-hybridized carbons (Fsp3) is 0.556. The third-order valence-corrected chi connectivity index (χ3v) is 4.41. The van der Waals surface area contributed by atoms with Gasteiger partial charge in [0.05, 0.1) is 5.41 Å². The van der Waals surface area contributed by atoms with E-state index in [0.717, 1.165) is 25.5 Å². The number of nitrogens with zero attached hydrogens (tertiary/aromatic N) is 2. The first-order valence-electron chi connectivity index (χ1n) is 8.45. The summed E-state index contributed by atoms with van der Waals surface area (Å²) < 4.78 is 0. The second kappa shape index (κ2) is 9.84. The van der Waals surface area contributed by atoms with Crippen molar-refractivity contribution in [2.75, 3.05) is 38.6 Å². The van der Waals surface area contributed by atoms with E-state index in [9.17, 15) is 4.79 Å². The van der Waals surface area contributed by atoms with Crippen molar-refractivity contribution < 1.29 is 4.79 Å². The molecule has 0 aromatic heterocycles. The van der Waals surface area contributed by atoms with Crippen molar-refractivity contribution in [1.82, 2.24) is 16.0 Å². The normalized spacial score (nSPS) is 17.7. The molecule has 1 atom stereocenters. The Balaban J connectivity index is 0.00000312. The molecule has 2 rings (SSSR count). The third-order valence-electron chi connectivity index (χ3n) is 4.41. The van der Waals surface area contributed by atoms with E-state index in [4.69, 9.17) is 0 Å². The van der Waals surface area contributed by atoms with E-state index in [1.54, 1.807) is 14.1 Å². The summed E-state index contributed by atoms with van der Waals surface area (Å²) >= 11 is 0. The zero-order chi connectivity index (χ0) is 17.6. The van der Waals surface area contributed by atoms with Crippen LogP contribution in [0.5, 0.6) is 0 Å². The molecule has 1 aromatic rings. The van der Waals surface area contributed by atoms with Crippen LogP contribution in [0.25, 0.3) is 0 Å². The zero-order valence-corrected chi connectivity index (χ0v) is 17.8. The van der Waals surface area contributed by atoms with Crippen LogP contribution in [0.15, 0.2) is 35.3 Å². The zero-order valence-electron chi connectivity index (χ0n) is 15.5. The highest BCUT2D eigenvalue weighted by Crippen LogP contribution is 2.19. The van der Waals surface area contributed by atoms with Crippen LogP contribution in [0.1, 0.15) is 20.3 Å². The lowest BCUT2D eigenvalue weighted by atomic mass is 9.92. The van der Waals surface area contributed by atoms with Gasteiger partial charge >= 0.3 is 0 Å². The molecule has 1 fully saturated rings. The van der Waals surface area contributed by atoms with Crippen LogP contribution in [-0.2, 0) is 4.79 Å². The molecule has 25 heavy (non-hydrogen) atoms. The van der Waals surface area contributed by atoms with Gasteiger partial charge in [-0.3, -0.25) is 9.79 Å². The molecular weight excluding hydrogens is 429 g/mol. The number of anilines is 1. The number of benzene rings is 1. The first kappa shape index (κ1) is 21.5. The van der Waals surface area contributed by atoms with Gasteiger partial charge in [-0.1, -0.05) is 18.2 Å². The lowest BCUT2D eigenvalue weighted by Crippen LogP contribution is -2.50. The van der Waals surface area contributed by atoms with Gasteiger partial charge < -0.3 is 20.9 Å². The molecule has 0 aliphatic carbocycles. The third kappa shape index (κ3) is 6.05. The van der Waals surface area contributed by atoms with Crippen LogP contribution < -0.4 is 20.9 Å². The number of carbonyl (C=O) groups is 1. The van der Waals surface area contributed by atoms with Gasteiger partial charge in [0.25, 0.3) is 0 Å². The number of carbonyl (C=O) groups excluding carboxylic acids is 1. The highest BCUT2D eigenvalue weighted by Gasteiger charge is 2.28. The van der Waals surface area contributed by atoms with Gasteiger partial charge in [-0.05, 0) is 32.4 Å². The van der Waals surface area contributed by atoms with Gasteiger partial charge in [0, 0.05) is 45.5 Å². The molecule has 0 spiro atoms. The van der Waals surface area contributed by atoms with Crippen LogP contribution in [-0.4, -0.2) is 51.6 Å². The van der Waals surface area contributed by atoms with Gasteiger partial charge in [-0.15, -0.1) is 24.0 Å². The second-order valence-corrected chi connectivity index (χ2v) is 6.80. The summed E-state index contributed by atoms with van der Waals surface area (Å²) in [6, 6.07) is 10.8. The Labute approximate surface area is 167 Å². The Bertz CT molecular complexity index is 576. The van der Waals surface area contributed by atoms with Gasteiger partial charge in [0.2, 0.25) is 5.91 Å². The number of hydrogen-bond acceptors (Lipinski definition) is 3. The summed E-state index contributed by atoms with van der Waals surface area (Å²) in [7, 11) is 3.42. The second-order valence-electron chi connectivity index (χ2n) is 6.80. The molecular formula is C18H30IN5O. The molecule has 1 heterocycles. The molecule has 1 aliphatic rings. The minimum absolute atomic E-state index is 0. The first-order valence-corrected chi connectivity index (χ1v) is 8.45. The monoisotopic (exact) mass is 459 g/mol. The summed E-state index contributed by atoms with van der Waals surface area (Å²) in [6.07, 6.45) is 1.06. The molecule has 1 amide bonds. The fourth-order valence-electron chi connectivity index (χ4n) is 2.86. The van der Waals surface area contributed by atoms with Gasteiger partial charge in [0.1, 0.15) is 0 Å². The Morgan fingerprint density at radius 3 is 2.60 bits per heavy atom. The maximum absolute atomic E-state index is 11.9. The van der Waals surface area contributed by atoms with Gasteiger partial charge in [-0.25, -0.2) is 0 Å². The highest BCUT2D eigenvalue weighted by molar-refractivity contribution is 14.0. The molecule has 1 aromatic carbocycles. The van der Waals surface area contributed by atoms with E-state index in [1.807, 2.05) is 19.9 Å². The predicted molar refractivity (Wildman–Crippen MR) is 115 cm³/mol. The molecule has 0 saturated carbocycles. The van der Waals surface area contributed by atoms with Crippen LogP contribution in [0.4, 0.5) is 5.69 Å². The standard InChI is InChI=1S/C18H29N5O.HI/c1-18(2,16(24)19-3)13-21-17(20-4)22-14-10-11-23(12-14)15-8-6-5-7-9-15;/h5-9,14H,10-13H2,1-4H3,(H,19,24)(H2,20,21,22);1H. The summed E-state index contributed by atoms with van der Waals surface area (Å²) in [6.45, 7) is 6.34. The van der Waals surface area contributed by atoms with Crippen molar-refractivity contribution in [2.24, 2.45) is 10.4 Å². The van der Waals surface area contributed by atoms with Crippen LogP contribution in [0.3, 0.4) is 0 Å². The molecule has 6 nitrogen and oxygen atoms in total. The summed E-state index contributed by atoms with van der Waals surface area (Å²) in [5.41, 5.74) is 0.767. The van der Waals surface area contributed by atoms with Crippen molar-refractivity contribution in [3.05, 3.63) is 30.3 Å². The molecule has 0 radical (unpaired) electrons. The van der Waals surface area contributed by atoms with E-state index in [0.29, 0.717) is 12.6 Å². The minimum atomic E-state index is -0.488. The maximum Gasteiger partial charge on any atom is 0.227 e. The van der Waals surface area contributed by atoms with E-state index >= 15 is 0 Å². The topological polar surface area (TPSA) is 68.8 Å². The average Bonchev–Trinajstić information content (AvgIpc) is 3.07. The number of halogens is 1. The first-order chi connectivity index (χ1) is 11.5. The van der Waals surface area contributed by atoms with Crippen LogP contribution >= 0.6 is 24.0 Å². The van der Waals surface area contributed by atoms with Crippen molar-refractivity contribution in [1.29, 1.82) is 0 Å². The van der Waals surface area contributed by atoms with E-state index in [2.05, 4.69) is 50.1 Å². The molecule has 1 unspecified atom stereocenters. The summed E-state index contributed by atoms with van der Waals surface area (Å²) in [4.78, 5) is 18.5. The number of aliphatic imine (C=N–C) groups is 1. The van der Waals surface area contributed by atoms with Gasteiger partial charge in [0.15, 0.2) is 5.96 Å². The average molecular weight is 459 g/mol. The number of guanidine groups is 1. The quantitative estimate of drug-likeness (QED) is 0.357. The number of hydrogen-bond donors (Lipinski definition) is 3. The van der Waals surface area contributed by atoms with E-state index < -0.39 is 5.41 Å². The van der Waals surface area contributed by atoms with Crippen LogP contribution in [0, 0.1) is 5.41 Å². The Morgan fingerprint density at radius 1 is 1.32 bits per heavy atom. The fourth-order valence-corrected chi connectivity index (χ4v) is 2.86. The van der Waals surface area contributed by atoms with E-state index in [-0.39, 0.29) is 29.9 Å². The number of amides is 1. The predicted octanol–water partition coefficient (Wildman–Crippen LogP) is 1.82. The smallest absolute Gasteiger partial charge is 0.227 e. The maximum atomic E-state index is 11.9. The Morgan fingerprint density at radius 2 is 2.00 bits per heavy atom. The molecule has 140 valence electrons. The molecule has 1 aliphatic heterocycles. The number of rotatable bonds is 5. The van der Waals surface area contributed by atoms with Crippen molar-refractivity contribution in [2.45, 2.75) is 26.3 Å². The molecule has 0 bridgehead atoms. The molecule has 1 saturated heterocycles. The summed E-state index contributed by atoms with van der Waals surface area (Å²) in [5.74, 6) is 0.758. The number of para-hydroxylation sites is 1. The van der Waals surface area contributed by atoms with E-state index in [1.165, 1.54) is 5.69 Å².